The van der Waals surface area contributed by atoms with Crippen LogP contribution >= 0.6 is 11.3 Å². The van der Waals surface area contributed by atoms with Gasteiger partial charge in [0.15, 0.2) is 4.90 Å². The minimum Gasteiger partial charge on any atom is -0.465 e. The van der Waals surface area contributed by atoms with E-state index in [4.69, 9.17) is 0 Å². The van der Waals surface area contributed by atoms with E-state index in [9.17, 15) is 22.8 Å². The Balaban J connectivity index is 2.03. The van der Waals surface area contributed by atoms with Crippen LogP contribution in [0.5, 0.6) is 0 Å². The van der Waals surface area contributed by atoms with Crippen molar-refractivity contribution in [2.45, 2.75) is 4.90 Å². The number of fused-ring (bicyclic) bond motifs is 1. The Morgan fingerprint density at radius 3 is 2.56 bits per heavy atom. The molecule has 0 aliphatic carbocycles. The van der Waals surface area contributed by atoms with Gasteiger partial charge < -0.3 is 9.30 Å². The van der Waals surface area contributed by atoms with Gasteiger partial charge in [0.25, 0.3) is 15.6 Å². The maximum atomic E-state index is 12.6. The summed E-state index contributed by atoms with van der Waals surface area (Å²) >= 11 is 1.22. The lowest BCUT2D eigenvalue weighted by Crippen LogP contribution is -2.40. The molecule has 0 spiro atoms. The van der Waals surface area contributed by atoms with E-state index in [0.29, 0.717) is 10.3 Å². The minimum atomic E-state index is -4.22. The highest BCUT2D eigenvalue weighted by molar-refractivity contribution is 7.92. The average Bonchev–Trinajstić information content (AvgIpc) is 3.05. The summed E-state index contributed by atoms with van der Waals surface area (Å²) in [5.74, 6) is -0.480. The normalized spacial score (nSPS) is 11.5. The first-order valence-corrected chi connectivity index (χ1v) is 9.85. The number of hydrogen-bond donors (Lipinski definition) is 1. The highest BCUT2D eigenvalue weighted by atomic mass is 32.2. The van der Waals surface area contributed by atoms with Crippen LogP contribution in [-0.4, -0.2) is 30.6 Å². The van der Waals surface area contributed by atoms with Crippen LogP contribution in [0.1, 0.15) is 9.67 Å². The number of ether oxygens (including phenoxy) is 1. The molecular weight excluding hydrogens is 394 g/mol. The molecule has 11 heteroatoms. The maximum Gasteiger partial charge on any atom is 0.348 e. The Morgan fingerprint density at radius 1 is 1.19 bits per heavy atom. The number of methoxy groups -OCH3 is 1. The summed E-state index contributed by atoms with van der Waals surface area (Å²) in [6, 6.07) is 6.31. The van der Waals surface area contributed by atoms with E-state index >= 15 is 0 Å². The summed E-state index contributed by atoms with van der Waals surface area (Å²) < 4.78 is 34.8. The van der Waals surface area contributed by atoms with Crippen molar-refractivity contribution in [3.05, 3.63) is 56.2 Å². The van der Waals surface area contributed by atoms with Gasteiger partial charge in [0, 0.05) is 30.7 Å². The van der Waals surface area contributed by atoms with E-state index in [1.165, 1.54) is 38.6 Å². The predicted octanol–water partition coefficient (Wildman–Crippen LogP) is 0.886. The molecule has 27 heavy (non-hydrogen) atoms. The third-order valence-corrected chi connectivity index (χ3v) is 6.32. The molecule has 0 bridgehead atoms. The van der Waals surface area contributed by atoms with Crippen LogP contribution in [0.25, 0.3) is 10.1 Å². The van der Waals surface area contributed by atoms with E-state index in [1.807, 2.05) is 0 Å². The summed E-state index contributed by atoms with van der Waals surface area (Å²) in [7, 11) is -0.385. The largest absolute Gasteiger partial charge is 0.465 e. The molecule has 1 N–H and O–H groups in total. The van der Waals surface area contributed by atoms with Gasteiger partial charge in [-0.3, -0.25) is 14.1 Å². The Hall–Kier alpha value is -2.92. The van der Waals surface area contributed by atoms with Gasteiger partial charge in [-0.15, -0.1) is 11.3 Å². The molecule has 2 aromatic heterocycles. The fourth-order valence-electron chi connectivity index (χ4n) is 2.48. The smallest absolute Gasteiger partial charge is 0.348 e. The van der Waals surface area contributed by atoms with Gasteiger partial charge in [0.2, 0.25) is 0 Å². The molecule has 3 aromatic rings. The number of nitrogens with one attached hydrogen (secondary N) is 1. The molecule has 1 aromatic carbocycles. The zero-order valence-corrected chi connectivity index (χ0v) is 16.2. The molecule has 0 aliphatic heterocycles. The number of thiophene rings is 1. The Morgan fingerprint density at radius 2 is 1.89 bits per heavy atom. The predicted molar refractivity (Wildman–Crippen MR) is 101 cm³/mol. The second-order valence-corrected chi connectivity index (χ2v) is 8.45. The van der Waals surface area contributed by atoms with E-state index < -0.39 is 32.1 Å². The summed E-state index contributed by atoms with van der Waals surface area (Å²) in [6.45, 7) is 0. The highest BCUT2D eigenvalue weighted by Crippen LogP contribution is 2.29. The van der Waals surface area contributed by atoms with Crippen molar-refractivity contribution in [3.63, 3.8) is 0 Å². The van der Waals surface area contributed by atoms with Crippen LogP contribution in [0.2, 0.25) is 0 Å². The second kappa shape index (κ2) is 6.67. The number of anilines is 1. The van der Waals surface area contributed by atoms with Crippen molar-refractivity contribution in [3.8, 4) is 0 Å². The number of esters is 1. The van der Waals surface area contributed by atoms with Crippen LogP contribution in [0.4, 0.5) is 5.69 Å². The van der Waals surface area contributed by atoms with Crippen molar-refractivity contribution < 1.29 is 17.9 Å². The van der Waals surface area contributed by atoms with Gasteiger partial charge in [-0.2, -0.15) is 0 Å². The number of nitrogens with zero attached hydrogens (tertiary/aromatic N) is 2. The van der Waals surface area contributed by atoms with Gasteiger partial charge in [0.1, 0.15) is 4.88 Å². The molecule has 9 nitrogen and oxygen atoms in total. The van der Waals surface area contributed by atoms with Crippen molar-refractivity contribution in [2.75, 3.05) is 11.8 Å². The number of hydrogen-bond acceptors (Lipinski definition) is 7. The summed E-state index contributed by atoms with van der Waals surface area (Å²) in [4.78, 5) is 35.4. The van der Waals surface area contributed by atoms with E-state index in [0.717, 1.165) is 20.0 Å². The highest BCUT2D eigenvalue weighted by Gasteiger charge is 2.22. The third-order valence-electron chi connectivity index (χ3n) is 3.86. The van der Waals surface area contributed by atoms with Gasteiger partial charge in [-0.05, 0) is 29.7 Å². The SMILES string of the molecule is COC(=O)c1cc2cc(NS(=O)(=O)c3cn(C)c(=O)n(C)c3=O)ccc2s1. The lowest BCUT2D eigenvalue weighted by atomic mass is 10.2. The summed E-state index contributed by atoms with van der Waals surface area (Å²) in [6.07, 6.45) is 0.978. The first-order chi connectivity index (χ1) is 12.6. The summed E-state index contributed by atoms with van der Waals surface area (Å²) in [5, 5.41) is 0.647. The first kappa shape index (κ1) is 18.9. The van der Waals surface area contributed by atoms with E-state index in [2.05, 4.69) is 9.46 Å². The zero-order chi connectivity index (χ0) is 19.9. The molecule has 0 atom stereocenters. The first-order valence-electron chi connectivity index (χ1n) is 7.55. The summed E-state index contributed by atoms with van der Waals surface area (Å²) in [5.41, 5.74) is -1.34. The number of sulfonamides is 1. The molecule has 142 valence electrons. The minimum absolute atomic E-state index is 0.215. The number of aromatic nitrogens is 2. The van der Waals surface area contributed by atoms with Gasteiger partial charge in [-0.25, -0.2) is 18.0 Å². The topological polar surface area (TPSA) is 116 Å². The molecule has 3 rings (SSSR count). The van der Waals surface area contributed by atoms with Crippen molar-refractivity contribution >= 4 is 43.1 Å². The van der Waals surface area contributed by atoms with Crippen molar-refractivity contribution in [2.24, 2.45) is 14.1 Å². The van der Waals surface area contributed by atoms with Crippen LogP contribution in [0, 0.1) is 0 Å². The number of benzene rings is 1. The third kappa shape index (κ3) is 3.38. The fraction of sp³-hybridized carbons (Fsp3) is 0.188. The van der Waals surface area contributed by atoms with E-state index in [1.54, 1.807) is 18.2 Å². The lowest BCUT2D eigenvalue weighted by Gasteiger charge is -2.10. The molecule has 2 heterocycles. The van der Waals surface area contributed by atoms with Crippen molar-refractivity contribution in [1.82, 2.24) is 9.13 Å². The van der Waals surface area contributed by atoms with Crippen LogP contribution in [-0.2, 0) is 28.9 Å². The van der Waals surface area contributed by atoms with E-state index in [-0.39, 0.29) is 5.69 Å². The molecule has 0 aliphatic rings. The zero-order valence-electron chi connectivity index (χ0n) is 14.5. The second-order valence-electron chi connectivity index (χ2n) is 5.71. The van der Waals surface area contributed by atoms with Crippen molar-refractivity contribution in [1.29, 1.82) is 0 Å². The maximum absolute atomic E-state index is 12.6. The Labute approximate surface area is 157 Å². The Bertz CT molecular complexity index is 1280. The number of aryl methyl sites for hydroxylation is 1. The van der Waals surface area contributed by atoms with Crippen LogP contribution in [0.15, 0.2) is 44.9 Å². The molecule has 0 amide bonds. The van der Waals surface area contributed by atoms with Crippen LogP contribution in [0.3, 0.4) is 0 Å². The molecule has 0 saturated carbocycles. The number of carbonyl (C=O) groups excluding carboxylic acids is 1. The Kier molecular flexibility index (Phi) is 4.66. The fourth-order valence-corrected chi connectivity index (χ4v) is 4.65. The molecule has 0 fully saturated rings. The molecular formula is C16H15N3O6S2. The molecule has 0 unspecified atom stereocenters. The standard InChI is InChI=1S/C16H15N3O6S2/c1-18-8-13(14(20)19(2)16(18)22)27(23,24)17-10-4-5-11-9(6-10)7-12(26-11)15(21)25-3/h4-8,17H,1-3H3. The quantitative estimate of drug-likeness (QED) is 0.640. The van der Waals surface area contributed by atoms with Gasteiger partial charge in [-0.1, -0.05) is 0 Å². The van der Waals surface area contributed by atoms with Gasteiger partial charge in [0.05, 0.1) is 7.11 Å². The number of carbonyl (C=O) groups is 1. The average molecular weight is 409 g/mol. The molecule has 0 radical (unpaired) electrons. The van der Waals surface area contributed by atoms with Crippen LogP contribution < -0.4 is 16.0 Å². The number of rotatable bonds is 4. The monoisotopic (exact) mass is 409 g/mol. The molecule has 0 saturated heterocycles. The lowest BCUT2D eigenvalue weighted by molar-refractivity contribution is 0.0606. The van der Waals surface area contributed by atoms with Gasteiger partial charge >= 0.3 is 11.7 Å².